The second kappa shape index (κ2) is 7.92. The lowest BCUT2D eigenvalue weighted by molar-refractivity contribution is 0.100. The molecule has 0 unspecified atom stereocenters. The summed E-state index contributed by atoms with van der Waals surface area (Å²) in [6.45, 7) is 1.42. The van der Waals surface area contributed by atoms with Crippen LogP contribution in [-0.4, -0.2) is 40.8 Å². The third kappa shape index (κ3) is 3.92. The second-order valence-corrected chi connectivity index (χ2v) is 7.73. The molecule has 1 amide bonds. The smallest absolute Gasteiger partial charge is 0.262 e. The Morgan fingerprint density at radius 3 is 2.81 bits per heavy atom. The van der Waals surface area contributed by atoms with Crippen LogP contribution in [0.15, 0.2) is 29.3 Å². The summed E-state index contributed by atoms with van der Waals surface area (Å²) in [5.74, 6) is -2.55. The number of aliphatic hydroxyl groups is 1. The number of carbonyl (C=O) groups is 1. The number of aromatic nitrogens is 6. The molecule has 3 heterocycles. The van der Waals surface area contributed by atoms with E-state index >= 15 is 0 Å². The van der Waals surface area contributed by atoms with E-state index in [9.17, 15) is 23.5 Å². The number of rotatable bonds is 6. The first-order chi connectivity index (χ1) is 14.7. The minimum atomic E-state index is -1.20. The van der Waals surface area contributed by atoms with Crippen LogP contribution in [0.1, 0.15) is 32.7 Å². The van der Waals surface area contributed by atoms with Crippen molar-refractivity contribution in [3.63, 3.8) is 0 Å². The summed E-state index contributed by atoms with van der Waals surface area (Å²) < 4.78 is 27.7. The second-order valence-electron chi connectivity index (χ2n) is 6.73. The molecule has 0 spiro atoms. The molecular formula is C18H15F2N7O3S. The number of hydrogen-bond donors (Lipinski definition) is 2. The van der Waals surface area contributed by atoms with Crippen LogP contribution in [0.2, 0.25) is 0 Å². The van der Waals surface area contributed by atoms with Gasteiger partial charge in [0.15, 0.2) is 17.5 Å². The molecule has 3 aromatic heterocycles. The highest BCUT2D eigenvalue weighted by Gasteiger charge is 2.19. The summed E-state index contributed by atoms with van der Waals surface area (Å²) in [6, 6.07) is 3.06. The first-order valence-corrected chi connectivity index (χ1v) is 9.74. The van der Waals surface area contributed by atoms with Crippen molar-refractivity contribution in [3.05, 3.63) is 68.3 Å². The maximum atomic E-state index is 13.3. The number of amides is 1. The highest BCUT2D eigenvalue weighted by molar-refractivity contribution is 7.20. The van der Waals surface area contributed by atoms with Crippen molar-refractivity contribution in [2.45, 2.75) is 26.1 Å². The van der Waals surface area contributed by atoms with Crippen molar-refractivity contribution < 1.29 is 18.7 Å². The van der Waals surface area contributed by atoms with Gasteiger partial charge in [-0.2, -0.15) is 4.80 Å². The SMILES string of the molecule is Cc1c(C(N)=O)sc2ncn(Cc3nnn(C[C@H](O)c4ccc(F)c(F)c4)n3)c(=O)c12. The minimum Gasteiger partial charge on any atom is -0.386 e. The van der Waals surface area contributed by atoms with Crippen molar-refractivity contribution in [2.24, 2.45) is 5.73 Å². The number of tetrazole rings is 1. The molecule has 0 saturated heterocycles. The zero-order valence-corrected chi connectivity index (χ0v) is 16.8. The van der Waals surface area contributed by atoms with Crippen molar-refractivity contribution in [1.29, 1.82) is 0 Å². The van der Waals surface area contributed by atoms with Gasteiger partial charge in [0.1, 0.15) is 10.9 Å². The zero-order valence-electron chi connectivity index (χ0n) is 16.0. The summed E-state index contributed by atoms with van der Waals surface area (Å²) in [7, 11) is 0. The zero-order chi connectivity index (χ0) is 22.3. The number of nitrogens with zero attached hydrogens (tertiary/aromatic N) is 6. The van der Waals surface area contributed by atoms with Crippen LogP contribution in [0.5, 0.6) is 0 Å². The molecule has 0 fully saturated rings. The predicted octanol–water partition coefficient (Wildman–Crippen LogP) is 0.912. The van der Waals surface area contributed by atoms with Crippen LogP contribution in [0.3, 0.4) is 0 Å². The Morgan fingerprint density at radius 1 is 1.32 bits per heavy atom. The van der Waals surface area contributed by atoms with E-state index in [1.165, 1.54) is 17.0 Å². The number of thiophene rings is 1. The van der Waals surface area contributed by atoms with Gasteiger partial charge in [0.2, 0.25) is 0 Å². The standard InChI is InChI=1S/C18H15F2N7O3S/c1-8-14-17(31-15(8)16(21)29)22-7-26(18(14)30)6-13-23-25-27(24-13)5-12(28)9-2-3-10(19)11(20)4-9/h2-4,7,12,28H,5-6H2,1H3,(H2,21,29)/t12-/m0/s1. The van der Waals surface area contributed by atoms with Gasteiger partial charge in [0.05, 0.1) is 29.7 Å². The number of halogens is 2. The van der Waals surface area contributed by atoms with E-state index in [-0.39, 0.29) is 34.9 Å². The molecule has 13 heteroatoms. The minimum absolute atomic E-state index is 0.0514. The third-order valence-electron chi connectivity index (χ3n) is 4.61. The van der Waals surface area contributed by atoms with Crippen molar-refractivity contribution in [3.8, 4) is 0 Å². The highest BCUT2D eigenvalue weighted by atomic mass is 32.1. The van der Waals surface area contributed by atoms with Gasteiger partial charge < -0.3 is 10.8 Å². The number of fused-ring (bicyclic) bond motifs is 1. The Balaban J connectivity index is 1.55. The number of nitrogens with two attached hydrogens (primary N) is 1. The van der Waals surface area contributed by atoms with Crippen molar-refractivity contribution >= 4 is 27.5 Å². The van der Waals surface area contributed by atoms with E-state index in [0.717, 1.165) is 28.3 Å². The molecule has 1 aromatic carbocycles. The van der Waals surface area contributed by atoms with E-state index in [4.69, 9.17) is 5.73 Å². The molecule has 31 heavy (non-hydrogen) atoms. The molecule has 4 aromatic rings. The number of benzene rings is 1. The van der Waals surface area contributed by atoms with Gasteiger partial charge >= 0.3 is 0 Å². The fraction of sp³-hybridized carbons (Fsp3) is 0.222. The molecule has 160 valence electrons. The molecule has 0 aliphatic rings. The van der Waals surface area contributed by atoms with Crippen molar-refractivity contribution in [2.75, 3.05) is 0 Å². The van der Waals surface area contributed by atoms with Crippen LogP contribution >= 0.6 is 11.3 Å². The first kappa shape index (κ1) is 20.7. The Hall–Kier alpha value is -3.58. The normalized spacial score (nSPS) is 12.4. The lowest BCUT2D eigenvalue weighted by Crippen LogP contribution is -2.22. The molecule has 1 atom stereocenters. The van der Waals surface area contributed by atoms with Gasteiger partial charge in [-0.3, -0.25) is 14.2 Å². The van der Waals surface area contributed by atoms with Crippen LogP contribution in [-0.2, 0) is 13.1 Å². The predicted molar refractivity (Wildman–Crippen MR) is 105 cm³/mol. The number of aryl methyl sites for hydroxylation is 1. The lowest BCUT2D eigenvalue weighted by Gasteiger charge is -2.09. The average Bonchev–Trinajstić information content (AvgIpc) is 3.30. The maximum absolute atomic E-state index is 13.3. The van der Waals surface area contributed by atoms with E-state index in [1.54, 1.807) is 6.92 Å². The third-order valence-corrected chi connectivity index (χ3v) is 5.83. The summed E-state index contributed by atoms with van der Waals surface area (Å²) >= 11 is 1.05. The molecule has 0 radical (unpaired) electrons. The number of primary amides is 1. The fourth-order valence-electron chi connectivity index (χ4n) is 3.06. The van der Waals surface area contributed by atoms with Gasteiger partial charge in [-0.25, -0.2) is 13.8 Å². The van der Waals surface area contributed by atoms with E-state index in [0.29, 0.717) is 15.8 Å². The molecule has 4 rings (SSSR count). The molecule has 3 N–H and O–H groups in total. The largest absolute Gasteiger partial charge is 0.386 e. The molecule has 0 aliphatic carbocycles. The topological polar surface area (TPSA) is 142 Å². The molecule has 0 saturated carbocycles. The summed E-state index contributed by atoms with van der Waals surface area (Å²) in [5.41, 5.74) is 5.57. The maximum Gasteiger partial charge on any atom is 0.262 e. The monoisotopic (exact) mass is 447 g/mol. The Labute approximate surface area is 176 Å². The molecular weight excluding hydrogens is 432 g/mol. The summed E-state index contributed by atoms with van der Waals surface area (Å²) in [4.78, 5) is 30.3. The Morgan fingerprint density at radius 2 is 2.10 bits per heavy atom. The van der Waals surface area contributed by atoms with Crippen LogP contribution in [0.4, 0.5) is 8.78 Å². The summed E-state index contributed by atoms with van der Waals surface area (Å²) in [5, 5.41) is 22.3. The molecule has 10 nitrogen and oxygen atoms in total. The van der Waals surface area contributed by atoms with E-state index < -0.39 is 23.6 Å². The van der Waals surface area contributed by atoms with E-state index in [1.807, 2.05) is 0 Å². The Bertz CT molecular complexity index is 1360. The van der Waals surface area contributed by atoms with Crippen molar-refractivity contribution in [1.82, 2.24) is 29.8 Å². The average molecular weight is 447 g/mol. The van der Waals surface area contributed by atoms with Gasteiger partial charge in [0.25, 0.3) is 11.5 Å². The lowest BCUT2D eigenvalue weighted by atomic mass is 10.1. The van der Waals surface area contributed by atoms with Gasteiger partial charge in [0, 0.05) is 0 Å². The van der Waals surface area contributed by atoms with Crippen LogP contribution < -0.4 is 11.3 Å². The first-order valence-electron chi connectivity index (χ1n) is 8.92. The summed E-state index contributed by atoms with van der Waals surface area (Å²) in [6.07, 6.45) is 0.112. The van der Waals surface area contributed by atoms with Crippen LogP contribution in [0, 0.1) is 18.6 Å². The highest BCUT2D eigenvalue weighted by Crippen LogP contribution is 2.26. The van der Waals surface area contributed by atoms with Gasteiger partial charge in [-0.15, -0.1) is 21.5 Å². The number of aliphatic hydroxyl groups excluding tert-OH is 1. The van der Waals surface area contributed by atoms with Crippen LogP contribution in [0.25, 0.3) is 10.2 Å². The molecule has 0 aliphatic heterocycles. The van der Waals surface area contributed by atoms with Gasteiger partial charge in [-0.05, 0) is 35.4 Å². The number of carbonyl (C=O) groups excluding carboxylic acids is 1. The Kier molecular flexibility index (Phi) is 5.29. The number of hydrogen-bond acceptors (Lipinski definition) is 8. The fourth-order valence-corrected chi connectivity index (χ4v) is 4.05. The van der Waals surface area contributed by atoms with Gasteiger partial charge in [-0.1, -0.05) is 6.07 Å². The van der Waals surface area contributed by atoms with E-state index in [2.05, 4.69) is 20.4 Å². The quantitative estimate of drug-likeness (QED) is 0.447. The molecule has 0 bridgehead atoms.